The molecule has 0 bridgehead atoms. The Labute approximate surface area is 218 Å². The van der Waals surface area contributed by atoms with Gasteiger partial charge in [0.1, 0.15) is 0 Å². The molecule has 1 heterocycles. The minimum atomic E-state index is -0.662. The van der Waals surface area contributed by atoms with E-state index in [9.17, 15) is 9.59 Å². The number of hydrogen-bond acceptors (Lipinski definition) is 5. The smallest absolute Gasteiger partial charge is 0.254 e. The monoisotopic (exact) mass is 502 g/mol. The van der Waals surface area contributed by atoms with Crippen molar-refractivity contribution in [2.24, 2.45) is 0 Å². The maximum Gasteiger partial charge on any atom is 0.254 e. The molecule has 194 valence electrons. The van der Waals surface area contributed by atoms with E-state index in [1.54, 1.807) is 32.3 Å². The van der Waals surface area contributed by atoms with E-state index < -0.39 is 12.0 Å². The highest BCUT2D eigenvalue weighted by atomic mass is 16.5. The lowest BCUT2D eigenvalue weighted by Gasteiger charge is -2.42. The van der Waals surface area contributed by atoms with Crippen molar-refractivity contribution >= 4 is 17.5 Å². The Bertz CT molecular complexity index is 1290. The minimum Gasteiger partial charge on any atom is -0.493 e. The van der Waals surface area contributed by atoms with Gasteiger partial charge >= 0.3 is 0 Å². The van der Waals surface area contributed by atoms with E-state index in [0.717, 1.165) is 23.1 Å². The van der Waals surface area contributed by atoms with E-state index in [0.29, 0.717) is 40.6 Å². The predicted octanol–water partition coefficient (Wildman–Crippen LogP) is 5.66. The third-order valence-electron chi connectivity index (χ3n) is 6.99. The molecule has 3 aromatic rings. The highest BCUT2D eigenvalue weighted by molar-refractivity contribution is 6.04. The quantitative estimate of drug-likeness (QED) is 0.430. The number of rotatable bonds is 8. The first-order valence-electron chi connectivity index (χ1n) is 12.4. The van der Waals surface area contributed by atoms with E-state index >= 15 is 0 Å². The third-order valence-corrected chi connectivity index (χ3v) is 6.99. The van der Waals surface area contributed by atoms with Gasteiger partial charge in [0, 0.05) is 17.8 Å². The van der Waals surface area contributed by atoms with Gasteiger partial charge in [-0.25, -0.2) is 0 Å². The highest BCUT2D eigenvalue weighted by Gasteiger charge is 2.44. The number of nitrogens with one attached hydrogen (secondary N) is 1. The number of carbonyl (C=O) groups excluding carboxylic acids is 2. The van der Waals surface area contributed by atoms with E-state index in [4.69, 9.17) is 14.2 Å². The second kappa shape index (κ2) is 10.9. The van der Waals surface area contributed by atoms with Gasteiger partial charge in [-0.2, -0.15) is 0 Å². The van der Waals surface area contributed by atoms with Gasteiger partial charge in [-0.3, -0.25) is 9.59 Å². The zero-order chi connectivity index (χ0) is 26.7. The van der Waals surface area contributed by atoms with Crippen LogP contribution < -0.4 is 19.5 Å². The SMILES string of the molecule is CCCN1C(=O)c2ccccc2[C@H](C(=O)Nc2ccc(C)c(C)c2)[C@H]1c1cc(OC)c(OC)c(OC)c1. The van der Waals surface area contributed by atoms with E-state index in [1.165, 1.54) is 0 Å². The van der Waals surface area contributed by atoms with Gasteiger partial charge in [0.05, 0.1) is 33.3 Å². The molecule has 3 aromatic carbocycles. The summed E-state index contributed by atoms with van der Waals surface area (Å²) in [5, 5.41) is 3.11. The van der Waals surface area contributed by atoms with E-state index in [2.05, 4.69) is 5.32 Å². The summed E-state index contributed by atoms with van der Waals surface area (Å²) in [5.74, 6) is 0.426. The molecule has 0 saturated heterocycles. The second-order valence-electron chi connectivity index (χ2n) is 9.26. The molecule has 0 spiro atoms. The van der Waals surface area contributed by atoms with Gasteiger partial charge in [0.2, 0.25) is 11.7 Å². The molecule has 0 radical (unpaired) electrons. The molecule has 2 atom stereocenters. The van der Waals surface area contributed by atoms with Crippen molar-refractivity contribution in [1.82, 2.24) is 4.90 Å². The molecule has 0 unspecified atom stereocenters. The Morgan fingerprint density at radius 1 is 0.919 bits per heavy atom. The summed E-state index contributed by atoms with van der Waals surface area (Å²) >= 11 is 0. The second-order valence-corrected chi connectivity index (χ2v) is 9.26. The first-order valence-corrected chi connectivity index (χ1v) is 12.4. The van der Waals surface area contributed by atoms with Crippen LogP contribution >= 0.6 is 0 Å². The first-order chi connectivity index (χ1) is 17.8. The molecule has 0 fully saturated rings. The number of carbonyl (C=O) groups is 2. The van der Waals surface area contributed by atoms with Gasteiger partial charge in [-0.1, -0.05) is 31.2 Å². The summed E-state index contributed by atoms with van der Waals surface area (Å²) in [6.45, 7) is 6.56. The van der Waals surface area contributed by atoms with Gasteiger partial charge in [0.15, 0.2) is 11.5 Å². The zero-order valence-electron chi connectivity index (χ0n) is 22.3. The van der Waals surface area contributed by atoms with Crippen molar-refractivity contribution in [2.45, 2.75) is 39.2 Å². The number of fused-ring (bicyclic) bond motifs is 1. The zero-order valence-corrected chi connectivity index (χ0v) is 22.3. The van der Waals surface area contributed by atoms with Crippen LogP contribution in [0.15, 0.2) is 54.6 Å². The lowest BCUT2D eigenvalue weighted by Crippen LogP contribution is -2.46. The summed E-state index contributed by atoms with van der Waals surface area (Å²) in [6.07, 6.45) is 0.736. The summed E-state index contributed by atoms with van der Waals surface area (Å²) in [4.78, 5) is 29.6. The van der Waals surface area contributed by atoms with Crippen LogP contribution in [-0.4, -0.2) is 44.6 Å². The molecule has 4 rings (SSSR count). The standard InChI is InChI=1S/C30H34N2O5/c1-7-14-32-27(20-16-24(35-4)28(37-6)25(17-20)36-5)26(22-10-8-9-11-23(22)30(32)34)29(33)31-21-13-12-18(2)19(3)15-21/h8-13,15-17,26-27H,7,14H2,1-6H3,(H,31,33)/t26-,27+/m0/s1. The largest absolute Gasteiger partial charge is 0.493 e. The number of aryl methyl sites for hydroxylation is 2. The molecule has 2 amide bonds. The molecular formula is C30H34N2O5. The summed E-state index contributed by atoms with van der Waals surface area (Å²) < 4.78 is 16.7. The van der Waals surface area contributed by atoms with Crippen molar-refractivity contribution < 1.29 is 23.8 Å². The van der Waals surface area contributed by atoms with Crippen LogP contribution in [0.3, 0.4) is 0 Å². The van der Waals surface area contributed by atoms with Gasteiger partial charge in [-0.05, 0) is 72.9 Å². The van der Waals surface area contributed by atoms with Gasteiger partial charge in [-0.15, -0.1) is 0 Å². The number of ether oxygens (including phenoxy) is 3. The van der Waals surface area contributed by atoms with Crippen LogP contribution in [0.4, 0.5) is 5.69 Å². The number of hydrogen-bond donors (Lipinski definition) is 1. The summed E-state index contributed by atoms with van der Waals surface area (Å²) in [7, 11) is 4.65. The third kappa shape index (κ3) is 4.86. The number of nitrogens with zero attached hydrogens (tertiary/aromatic N) is 1. The summed E-state index contributed by atoms with van der Waals surface area (Å²) in [5.41, 5.74) is 4.92. The van der Waals surface area contributed by atoms with Gasteiger partial charge in [0.25, 0.3) is 5.91 Å². The van der Waals surface area contributed by atoms with Crippen molar-refractivity contribution in [2.75, 3.05) is 33.2 Å². The Hall–Kier alpha value is -4.00. The average Bonchev–Trinajstić information content (AvgIpc) is 2.91. The average molecular weight is 503 g/mol. The van der Waals surface area contributed by atoms with Crippen molar-refractivity contribution in [3.63, 3.8) is 0 Å². The van der Waals surface area contributed by atoms with Gasteiger partial charge < -0.3 is 24.4 Å². The molecular weight excluding hydrogens is 468 g/mol. The molecule has 0 aliphatic carbocycles. The molecule has 37 heavy (non-hydrogen) atoms. The Morgan fingerprint density at radius 3 is 2.19 bits per heavy atom. The molecule has 1 aliphatic heterocycles. The van der Waals surface area contributed by atoms with Crippen molar-refractivity contribution in [3.8, 4) is 17.2 Å². The van der Waals surface area contributed by atoms with E-state index in [-0.39, 0.29) is 11.8 Å². The number of amides is 2. The van der Waals surface area contributed by atoms with Crippen LogP contribution in [0.25, 0.3) is 0 Å². The fourth-order valence-corrected chi connectivity index (χ4v) is 5.04. The molecule has 0 aromatic heterocycles. The highest BCUT2D eigenvalue weighted by Crippen LogP contribution is 2.47. The maximum absolute atomic E-state index is 14.1. The van der Waals surface area contributed by atoms with E-state index in [1.807, 2.05) is 69.3 Å². The summed E-state index contributed by atoms with van der Waals surface area (Å²) in [6, 6.07) is 16.3. The fourth-order valence-electron chi connectivity index (χ4n) is 5.04. The molecule has 7 nitrogen and oxygen atoms in total. The number of benzene rings is 3. The lowest BCUT2D eigenvalue weighted by molar-refractivity contribution is -0.119. The number of anilines is 1. The lowest BCUT2D eigenvalue weighted by atomic mass is 9.78. The first kappa shape index (κ1) is 26.1. The normalized spacial score (nSPS) is 16.7. The molecule has 1 N–H and O–H groups in total. The topological polar surface area (TPSA) is 77.1 Å². The van der Waals surface area contributed by atoms with Crippen molar-refractivity contribution in [1.29, 1.82) is 0 Å². The maximum atomic E-state index is 14.1. The van der Waals surface area contributed by atoms with Crippen molar-refractivity contribution in [3.05, 3.63) is 82.4 Å². The molecule has 7 heteroatoms. The Kier molecular flexibility index (Phi) is 7.71. The van der Waals surface area contributed by atoms with Crippen LogP contribution in [0.1, 0.15) is 57.9 Å². The Morgan fingerprint density at radius 2 is 1.59 bits per heavy atom. The van der Waals surface area contributed by atoms with Crippen LogP contribution in [0.5, 0.6) is 17.2 Å². The Balaban J connectivity index is 1.91. The van der Waals surface area contributed by atoms with Crippen LogP contribution in [0, 0.1) is 13.8 Å². The van der Waals surface area contributed by atoms with Crippen LogP contribution in [-0.2, 0) is 4.79 Å². The predicted molar refractivity (Wildman–Crippen MR) is 144 cm³/mol. The molecule has 1 aliphatic rings. The molecule has 0 saturated carbocycles. The fraction of sp³-hybridized carbons (Fsp3) is 0.333. The van der Waals surface area contributed by atoms with Crippen LogP contribution in [0.2, 0.25) is 0 Å². The minimum absolute atomic E-state index is 0.105. The number of methoxy groups -OCH3 is 3.